The fourth-order valence-corrected chi connectivity index (χ4v) is 3.34. The van der Waals surface area contributed by atoms with E-state index in [1.54, 1.807) is 11.6 Å². The first-order valence-corrected chi connectivity index (χ1v) is 8.00. The summed E-state index contributed by atoms with van der Waals surface area (Å²) < 4.78 is 77.8. The predicted octanol–water partition coefficient (Wildman–Crippen LogP) is 2.62. The molecule has 0 aliphatic heterocycles. The SMILES string of the molecule is CC[C@H](C)[C@H](NS(=O)(=O)c1ccc(F)cc1C(F)(F)F)C(=O)O. The number of benzene rings is 1. The third-order valence-corrected chi connectivity index (χ3v) is 4.80. The lowest BCUT2D eigenvalue weighted by Gasteiger charge is -2.21. The lowest BCUT2D eigenvalue weighted by molar-refractivity contribution is -0.140. The lowest BCUT2D eigenvalue weighted by atomic mass is 10.0. The van der Waals surface area contributed by atoms with Gasteiger partial charge in [-0.15, -0.1) is 0 Å². The molecule has 0 aliphatic rings. The number of hydrogen-bond acceptors (Lipinski definition) is 3. The van der Waals surface area contributed by atoms with E-state index in [0.29, 0.717) is 12.1 Å². The second-order valence-electron chi connectivity index (χ2n) is 4.96. The van der Waals surface area contributed by atoms with Crippen molar-refractivity contribution in [2.24, 2.45) is 5.92 Å². The highest BCUT2D eigenvalue weighted by atomic mass is 32.2. The summed E-state index contributed by atoms with van der Waals surface area (Å²) in [6.45, 7) is 3.05. The van der Waals surface area contributed by atoms with Gasteiger partial charge in [-0.25, -0.2) is 12.8 Å². The van der Waals surface area contributed by atoms with Crippen LogP contribution in [0.3, 0.4) is 0 Å². The molecule has 10 heteroatoms. The van der Waals surface area contributed by atoms with Crippen molar-refractivity contribution in [1.82, 2.24) is 4.72 Å². The van der Waals surface area contributed by atoms with E-state index in [-0.39, 0.29) is 12.5 Å². The van der Waals surface area contributed by atoms with Crippen molar-refractivity contribution >= 4 is 16.0 Å². The quantitative estimate of drug-likeness (QED) is 0.767. The van der Waals surface area contributed by atoms with Crippen molar-refractivity contribution in [3.05, 3.63) is 29.6 Å². The molecule has 0 saturated heterocycles. The number of hydrogen-bond donors (Lipinski definition) is 2. The summed E-state index contributed by atoms with van der Waals surface area (Å²) >= 11 is 0. The Kier molecular flexibility index (Phi) is 5.75. The van der Waals surface area contributed by atoms with Gasteiger partial charge in [-0.2, -0.15) is 17.9 Å². The van der Waals surface area contributed by atoms with E-state index >= 15 is 0 Å². The van der Waals surface area contributed by atoms with Crippen LogP contribution in [-0.4, -0.2) is 25.5 Å². The summed E-state index contributed by atoms with van der Waals surface area (Å²) in [5, 5.41) is 9.05. The monoisotopic (exact) mass is 357 g/mol. The number of carboxylic acid groups (broad SMARTS) is 1. The third kappa shape index (κ3) is 4.64. The van der Waals surface area contributed by atoms with Gasteiger partial charge in [-0.05, 0) is 24.1 Å². The van der Waals surface area contributed by atoms with Crippen LogP contribution in [0.15, 0.2) is 23.1 Å². The maximum Gasteiger partial charge on any atom is 0.417 e. The second-order valence-corrected chi connectivity index (χ2v) is 6.64. The molecule has 2 N–H and O–H groups in total. The third-order valence-electron chi connectivity index (χ3n) is 3.30. The molecule has 130 valence electrons. The van der Waals surface area contributed by atoms with Crippen LogP contribution in [-0.2, 0) is 21.0 Å². The van der Waals surface area contributed by atoms with Crippen molar-refractivity contribution in [3.8, 4) is 0 Å². The van der Waals surface area contributed by atoms with Gasteiger partial charge in [0.05, 0.1) is 10.5 Å². The molecule has 23 heavy (non-hydrogen) atoms. The minimum atomic E-state index is -5.11. The molecule has 0 aromatic heterocycles. The molecule has 0 spiro atoms. The molecule has 2 atom stereocenters. The lowest BCUT2D eigenvalue weighted by Crippen LogP contribution is -2.45. The maximum atomic E-state index is 13.0. The van der Waals surface area contributed by atoms with Gasteiger partial charge in [0.2, 0.25) is 10.0 Å². The summed E-state index contributed by atoms with van der Waals surface area (Å²) in [6, 6.07) is -0.539. The molecule has 1 aromatic carbocycles. The van der Waals surface area contributed by atoms with E-state index in [1.807, 2.05) is 0 Å². The average molecular weight is 357 g/mol. The summed E-state index contributed by atoms with van der Waals surface area (Å²) in [6.07, 6.45) is -4.82. The molecule has 0 aliphatic carbocycles. The Morgan fingerprint density at radius 2 is 1.91 bits per heavy atom. The van der Waals surface area contributed by atoms with E-state index in [1.165, 1.54) is 6.92 Å². The van der Waals surface area contributed by atoms with Crippen LogP contribution in [0.25, 0.3) is 0 Å². The minimum Gasteiger partial charge on any atom is -0.480 e. The van der Waals surface area contributed by atoms with Crippen LogP contribution >= 0.6 is 0 Å². The number of carbonyl (C=O) groups is 1. The standard InChI is InChI=1S/C13H15F4NO4S/c1-3-7(2)11(12(19)20)18-23(21,22)10-5-4-8(14)6-9(10)13(15,16)17/h4-7,11,18H,3H2,1-2H3,(H,19,20)/t7-,11-/m0/s1. The van der Waals surface area contributed by atoms with Crippen LogP contribution in [0.1, 0.15) is 25.8 Å². The molecule has 0 unspecified atom stereocenters. The predicted molar refractivity (Wildman–Crippen MR) is 72.6 cm³/mol. The molecule has 0 radical (unpaired) electrons. The van der Waals surface area contributed by atoms with Gasteiger partial charge in [-0.3, -0.25) is 4.79 Å². The van der Waals surface area contributed by atoms with Gasteiger partial charge in [0.25, 0.3) is 0 Å². The van der Waals surface area contributed by atoms with E-state index in [4.69, 9.17) is 5.11 Å². The van der Waals surface area contributed by atoms with Crippen molar-refractivity contribution < 1.29 is 35.9 Å². The summed E-state index contributed by atoms with van der Waals surface area (Å²) in [5.41, 5.74) is -1.70. The van der Waals surface area contributed by atoms with Crippen molar-refractivity contribution in [2.45, 2.75) is 37.4 Å². The Balaban J connectivity index is 3.36. The highest BCUT2D eigenvalue weighted by Crippen LogP contribution is 2.34. The molecule has 0 saturated carbocycles. The smallest absolute Gasteiger partial charge is 0.417 e. The first-order valence-electron chi connectivity index (χ1n) is 6.52. The van der Waals surface area contributed by atoms with Gasteiger partial charge >= 0.3 is 12.1 Å². The number of rotatable bonds is 6. The fourth-order valence-electron chi connectivity index (χ4n) is 1.83. The fraction of sp³-hybridized carbons (Fsp3) is 0.462. The normalized spacial score (nSPS) is 15.2. The van der Waals surface area contributed by atoms with Crippen molar-refractivity contribution in [1.29, 1.82) is 0 Å². The van der Waals surface area contributed by atoms with Crippen LogP contribution in [0, 0.1) is 11.7 Å². The second kappa shape index (κ2) is 6.83. The van der Waals surface area contributed by atoms with Crippen molar-refractivity contribution in [2.75, 3.05) is 0 Å². The Morgan fingerprint density at radius 3 is 2.35 bits per heavy atom. The first-order chi connectivity index (χ1) is 10.4. The van der Waals surface area contributed by atoms with Crippen LogP contribution in [0.2, 0.25) is 0 Å². The number of halogens is 4. The number of carboxylic acids is 1. The summed E-state index contributed by atoms with van der Waals surface area (Å²) in [4.78, 5) is 9.91. The molecule has 0 fully saturated rings. The largest absolute Gasteiger partial charge is 0.480 e. The van der Waals surface area contributed by atoms with E-state index in [2.05, 4.69) is 0 Å². The molecular weight excluding hydrogens is 342 g/mol. The Bertz CT molecular complexity index is 688. The van der Waals surface area contributed by atoms with Crippen LogP contribution in [0.4, 0.5) is 17.6 Å². The van der Waals surface area contributed by atoms with Crippen LogP contribution in [0.5, 0.6) is 0 Å². The highest BCUT2D eigenvalue weighted by Gasteiger charge is 2.39. The number of nitrogens with one attached hydrogen (secondary N) is 1. The van der Waals surface area contributed by atoms with Gasteiger partial charge in [0.15, 0.2) is 0 Å². The topological polar surface area (TPSA) is 83.5 Å². The molecular formula is C13H15F4NO4S. The summed E-state index contributed by atoms with van der Waals surface area (Å²) in [5.74, 6) is -3.43. The van der Waals surface area contributed by atoms with Crippen molar-refractivity contribution in [3.63, 3.8) is 0 Å². The Labute approximate surface area is 130 Å². The Hall–Kier alpha value is -1.68. The van der Waals surface area contributed by atoms with Gasteiger partial charge in [0, 0.05) is 0 Å². The van der Waals surface area contributed by atoms with E-state index in [9.17, 15) is 30.8 Å². The van der Waals surface area contributed by atoms with Gasteiger partial charge < -0.3 is 5.11 Å². The maximum absolute atomic E-state index is 13.0. The molecule has 0 heterocycles. The minimum absolute atomic E-state index is 0.0492. The zero-order valence-corrected chi connectivity index (χ0v) is 13.0. The van der Waals surface area contributed by atoms with E-state index < -0.39 is 50.4 Å². The number of alkyl halides is 3. The molecule has 0 bridgehead atoms. The number of aliphatic carboxylic acids is 1. The van der Waals surface area contributed by atoms with E-state index in [0.717, 1.165) is 0 Å². The molecule has 1 rings (SSSR count). The van der Waals surface area contributed by atoms with Crippen LogP contribution < -0.4 is 4.72 Å². The number of sulfonamides is 1. The Morgan fingerprint density at radius 1 is 1.35 bits per heavy atom. The van der Waals surface area contributed by atoms with Gasteiger partial charge in [-0.1, -0.05) is 20.3 Å². The molecule has 5 nitrogen and oxygen atoms in total. The summed E-state index contributed by atoms with van der Waals surface area (Å²) in [7, 11) is -4.81. The average Bonchev–Trinajstić information content (AvgIpc) is 2.42. The zero-order chi connectivity index (χ0) is 18.0. The zero-order valence-electron chi connectivity index (χ0n) is 12.2. The molecule has 1 aromatic rings. The highest BCUT2D eigenvalue weighted by molar-refractivity contribution is 7.89. The first kappa shape index (κ1) is 19.4. The van der Waals surface area contributed by atoms with Gasteiger partial charge in [0.1, 0.15) is 11.9 Å². The molecule has 0 amide bonds.